The molecule has 24 heavy (non-hydrogen) atoms. The quantitative estimate of drug-likeness (QED) is 0.783. The number of nitrogens with one attached hydrogen (secondary N) is 1. The van der Waals surface area contributed by atoms with Gasteiger partial charge in [-0.1, -0.05) is 30.3 Å². The van der Waals surface area contributed by atoms with Gasteiger partial charge in [0.05, 0.1) is 6.20 Å². The van der Waals surface area contributed by atoms with Gasteiger partial charge in [0.15, 0.2) is 11.7 Å². The summed E-state index contributed by atoms with van der Waals surface area (Å²) >= 11 is 0. The van der Waals surface area contributed by atoms with Gasteiger partial charge in [0, 0.05) is 31.0 Å². The average molecular weight is 372 g/mol. The first-order valence-electron chi connectivity index (χ1n) is 7.75. The molecule has 132 valence electrons. The third-order valence-corrected chi connectivity index (χ3v) is 3.94. The van der Waals surface area contributed by atoms with Gasteiger partial charge in [-0.2, -0.15) is 0 Å². The van der Waals surface area contributed by atoms with E-state index in [1.807, 2.05) is 30.3 Å². The predicted molar refractivity (Wildman–Crippen MR) is 98.5 cm³/mol. The Morgan fingerprint density at radius 2 is 2.00 bits per heavy atom. The molecule has 0 bridgehead atoms. The molecule has 1 saturated carbocycles. The molecule has 1 aliphatic rings. The van der Waals surface area contributed by atoms with E-state index in [2.05, 4.69) is 10.3 Å². The fourth-order valence-corrected chi connectivity index (χ4v) is 2.39. The average Bonchev–Trinajstić information content (AvgIpc) is 3.30. The second kappa shape index (κ2) is 9.67. The van der Waals surface area contributed by atoms with Crippen LogP contribution < -0.4 is 11.1 Å². The molecule has 3 rings (SSSR count). The zero-order valence-electron chi connectivity index (χ0n) is 13.3. The number of oxazole rings is 1. The molecular formula is C17H23Cl2N3O2. The molecule has 7 heteroatoms. The first-order chi connectivity index (χ1) is 10.7. The van der Waals surface area contributed by atoms with Crippen molar-refractivity contribution >= 4 is 30.7 Å². The number of carbonyl (C=O) groups excluding carboxylic acids is 1. The van der Waals surface area contributed by atoms with Crippen LogP contribution in [0.25, 0.3) is 11.3 Å². The number of hydrogen-bond acceptors (Lipinski definition) is 4. The standard InChI is InChI=1S/C17H21N3O2.2ClH/c18-14(12-6-7-12)10-19-16(21)8-9-17-20-11-15(22-17)13-4-2-1-3-5-13;;/h1-5,11-12,14H,6-10,18H2,(H,19,21);2*1H. The van der Waals surface area contributed by atoms with E-state index in [4.69, 9.17) is 10.2 Å². The minimum atomic E-state index is -0.00411. The highest BCUT2D eigenvalue weighted by Gasteiger charge is 2.28. The summed E-state index contributed by atoms with van der Waals surface area (Å²) in [5.74, 6) is 1.91. The van der Waals surface area contributed by atoms with Crippen molar-refractivity contribution in [1.82, 2.24) is 10.3 Å². The van der Waals surface area contributed by atoms with Crippen molar-refractivity contribution in [1.29, 1.82) is 0 Å². The molecule has 3 N–H and O–H groups in total. The summed E-state index contributed by atoms with van der Waals surface area (Å²) in [6.45, 7) is 0.560. The smallest absolute Gasteiger partial charge is 0.220 e. The maximum absolute atomic E-state index is 11.8. The van der Waals surface area contributed by atoms with Crippen molar-refractivity contribution in [2.75, 3.05) is 6.54 Å². The number of hydrogen-bond donors (Lipinski definition) is 2. The van der Waals surface area contributed by atoms with Gasteiger partial charge in [0.1, 0.15) is 0 Å². The SMILES string of the molecule is Cl.Cl.NC(CNC(=O)CCc1ncc(-c2ccccc2)o1)C1CC1. The maximum Gasteiger partial charge on any atom is 0.220 e. The topological polar surface area (TPSA) is 81.1 Å². The lowest BCUT2D eigenvalue weighted by Gasteiger charge is -2.10. The number of nitrogens with zero attached hydrogens (tertiary/aromatic N) is 1. The van der Waals surface area contributed by atoms with E-state index >= 15 is 0 Å². The predicted octanol–water partition coefficient (Wildman–Crippen LogP) is 2.97. The highest BCUT2D eigenvalue weighted by atomic mass is 35.5. The number of aryl methyl sites for hydroxylation is 1. The van der Waals surface area contributed by atoms with E-state index in [9.17, 15) is 4.79 Å². The number of halogens is 2. The molecular weight excluding hydrogens is 349 g/mol. The second-order valence-electron chi connectivity index (χ2n) is 5.79. The van der Waals surface area contributed by atoms with Crippen molar-refractivity contribution in [3.8, 4) is 11.3 Å². The Morgan fingerprint density at radius 3 is 2.67 bits per heavy atom. The van der Waals surface area contributed by atoms with Crippen LogP contribution in [0.4, 0.5) is 0 Å². The van der Waals surface area contributed by atoms with Gasteiger partial charge in [-0.3, -0.25) is 4.79 Å². The van der Waals surface area contributed by atoms with E-state index in [0.717, 1.165) is 11.3 Å². The Morgan fingerprint density at radius 1 is 1.29 bits per heavy atom. The van der Waals surface area contributed by atoms with E-state index in [0.29, 0.717) is 31.2 Å². The molecule has 1 fully saturated rings. The number of aromatic nitrogens is 1. The number of nitrogens with two attached hydrogens (primary N) is 1. The van der Waals surface area contributed by atoms with Crippen LogP contribution in [-0.2, 0) is 11.2 Å². The van der Waals surface area contributed by atoms with Crippen LogP contribution in [0.15, 0.2) is 40.9 Å². The number of amides is 1. The van der Waals surface area contributed by atoms with Gasteiger partial charge in [-0.05, 0) is 18.8 Å². The van der Waals surface area contributed by atoms with Gasteiger partial charge in [-0.25, -0.2) is 4.98 Å². The highest BCUT2D eigenvalue weighted by molar-refractivity contribution is 5.85. The van der Waals surface area contributed by atoms with E-state index in [-0.39, 0.29) is 36.8 Å². The molecule has 1 unspecified atom stereocenters. The maximum atomic E-state index is 11.8. The molecule has 1 atom stereocenters. The van der Waals surface area contributed by atoms with Gasteiger partial charge in [0.2, 0.25) is 5.91 Å². The molecule has 2 aromatic rings. The molecule has 1 heterocycles. The Bertz CT molecular complexity index is 630. The molecule has 0 saturated heterocycles. The minimum absolute atomic E-state index is 0. The summed E-state index contributed by atoms with van der Waals surface area (Å²) in [5, 5.41) is 2.88. The summed E-state index contributed by atoms with van der Waals surface area (Å²) in [4.78, 5) is 16.0. The first-order valence-corrected chi connectivity index (χ1v) is 7.75. The normalized spacial score (nSPS) is 14.2. The summed E-state index contributed by atoms with van der Waals surface area (Å²) in [6, 6.07) is 9.89. The number of rotatable bonds is 7. The first kappa shape index (κ1) is 20.5. The van der Waals surface area contributed by atoms with Crippen molar-refractivity contribution in [2.24, 2.45) is 11.7 Å². The minimum Gasteiger partial charge on any atom is -0.441 e. The lowest BCUT2D eigenvalue weighted by molar-refractivity contribution is -0.121. The van der Waals surface area contributed by atoms with E-state index < -0.39 is 0 Å². The third-order valence-electron chi connectivity index (χ3n) is 3.94. The highest BCUT2D eigenvalue weighted by Crippen LogP contribution is 2.31. The fraction of sp³-hybridized carbons (Fsp3) is 0.412. The third kappa shape index (κ3) is 5.82. The molecule has 0 aliphatic heterocycles. The zero-order valence-corrected chi connectivity index (χ0v) is 14.9. The van der Waals surface area contributed by atoms with E-state index in [1.165, 1.54) is 12.8 Å². The number of benzene rings is 1. The van der Waals surface area contributed by atoms with Gasteiger partial charge < -0.3 is 15.5 Å². The van der Waals surface area contributed by atoms with Gasteiger partial charge >= 0.3 is 0 Å². The molecule has 0 spiro atoms. The summed E-state index contributed by atoms with van der Waals surface area (Å²) in [5.41, 5.74) is 6.94. The van der Waals surface area contributed by atoms with Crippen LogP contribution in [-0.4, -0.2) is 23.5 Å². The lowest BCUT2D eigenvalue weighted by Crippen LogP contribution is -2.38. The Kier molecular flexibility index (Phi) is 8.25. The molecule has 1 amide bonds. The van der Waals surface area contributed by atoms with Crippen molar-refractivity contribution in [2.45, 2.75) is 31.7 Å². The van der Waals surface area contributed by atoms with Crippen LogP contribution in [0, 0.1) is 5.92 Å². The summed E-state index contributed by atoms with van der Waals surface area (Å²) in [7, 11) is 0. The Labute approximate surface area is 154 Å². The molecule has 5 nitrogen and oxygen atoms in total. The van der Waals surface area contributed by atoms with Crippen LogP contribution in [0.3, 0.4) is 0 Å². The monoisotopic (exact) mass is 371 g/mol. The molecule has 1 aromatic carbocycles. The Balaban J connectivity index is 0.00000144. The van der Waals surface area contributed by atoms with Crippen molar-refractivity contribution in [3.05, 3.63) is 42.4 Å². The summed E-state index contributed by atoms with van der Waals surface area (Å²) in [6.07, 6.45) is 4.94. The Hall–Kier alpha value is -1.56. The van der Waals surface area contributed by atoms with Gasteiger partial charge in [-0.15, -0.1) is 24.8 Å². The molecule has 0 radical (unpaired) electrons. The van der Waals surface area contributed by atoms with E-state index in [1.54, 1.807) is 6.20 Å². The fourth-order valence-electron chi connectivity index (χ4n) is 2.39. The van der Waals surface area contributed by atoms with Crippen molar-refractivity contribution < 1.29 is 9.21 Å². The van der Waals surface area contributed by atoms with Crippen LogP contribution in [0.2, 0.25) is 0 Å². The molecule has 1 aromatic heterocycles. The van der Waals surface area contributed by atoms with Crippen LogP contribution in [0.5, 0.6) is 0 Å². The lowest BCUT2D eigenvalue weighted by atomic mass is 10.2. The summed E-state index contributed by atoms with van der Waals surface area (Å²) < 4.78 is 5.68. The van der Waals surface area contributed by atoms with Crippen molar-refractivity contribution in [3.63, 3.8) is 0 Å². The van der Waals surface area contributed by atoms with Gasteiger partial charge in [0.25, 0.3) is 0 Å². The second-order valence-corrected chi connectivity index (χ2v) is 5.79. The van der Waals surface area contributed by atoms with Crippen LogP contribution >= 0.6 is 24.8 Å². The number of carbonyl (C=O) groups is 1. The van der Waals surface area contributed by atoms with Crippen LogP contribution in [0.1, 0.15) is 25.2 Å². The zero-order chi connectivity index (χ0) is 15.4. The molecule has 1 aliphatic carbocycles. The largest absolute Gasteiger partial charge is 0.441 e.